The number of fused-ring (bicyclic) bond motifs is 1. The number of aliphatic hydroxyl groups is 1. The van der Waals surface area contributed by atoms with Gasteiger partial charge in [-0.2, -0.15) is 0 Å². The minimum atomic E-state index is -0.253. The number of nitrogens with zero attached hydrogens (tertiary/aromatic N) is 1. The highest BCUT2D eigenvalue weighted by molar-refractivity contribution is 5.84. The van der Waals surface area contributed by atoms with Gasteiger partial charge in [0.1, 0.15) is 5.82 Å². The summed E-state index contributed by atoms with van der Waals surface area (Å²) in [6.07, 6.45) is 1.76. The zero-order valence-corrected chi connectivity index (χ0v) is 12.1. The molecule has 2 N–H and O–H groups in total. The topological polar surface area (TPSA) is 45.1 Å². The fourth-order valence-electron chi connectivity index (χ4n) is 2.40. The predicted octanol–water partition coefficient (Wildman–Crippen LogP) is 3.12. The van der Waals surface area contributed by atoms with Gasteiger partial charge in [0, 0.05) is 30.2 Å². The van der Waals surface area contributed by atoms with Crippen molar-refractivity contribution in [2.75, 3.05) is 13.2 Å². The summed E-state index contributed by atoms with van der Waals surface area (Å²) in [5, 5.41) is 12.4. The van der Waals surface area contributed by atoms with Gasteiger partial charge in [-0.1, -0.05) is 30.3 Å². The molecule has 1 heterocycles. The molecule has 0 atom stereocenters. The van der Waals surface area contributed by atoms with Gasteiger partial charge in [-0.15, -0.1) is 0 Å². The second kappa shape index (κ2) is 6.64. The first kappa shape index (κ1) is 14.6. The Balaban J connectivity index is 1.86. The van der Waals surface area contributed by atoms with E-state index < -0.39 is 0 Å². The first-order valence-corrected chi connectivity index (χ1v) is 7.23. The summed E-state index contributed by atoms with van der Waals surface area (Å²) in [4.78, 5) is 4.32. The van der Waals surface area contributed by atoms with Crippen LogP contribution >= 0.6 is 0 Å². The molecule has 0 aliphatic heterocycles. The Bertz CT molecular complexity index is 772. The van der Waals surface area contributed by atoms with Crippen LogP contribution in [0.4, 0.5) is 4.39 Å². The van der Waals surface area contributed by atoms with Crippen molar-refractivity contribution in [1.29, 1.82) is 0 Å². The molecule has 0 fully saturated rings. The summed E-state index contributed by atoms with van der Waals surface area (Å²) < 4.78 is 13.9. The molecule has 0 radical (unpaired) electrons. The number of nitrogens with one attached hydrogen (secondary N) is 1. The van der Waals surface area contributed by atoms with Gasteiger partial charge >= 0.3 is 0 Å². The number of aliphatic hydroxyl groups excluding tert-OH is 1. The molecule has 0 saturated heterocycles. The highest BCUT2D eigenvalue weighted by Crippen LogP contribution is 2.24. The zero-order chi connectivity index (χ0) is 15.4. The number of hydrogen-bond donors (Lipinski definition) is 2. The maximum Gasteiger partial charge on any atom is 0.132 e. The number of benzene rings is 2. The second-order valence-electron chi connectivity index (χ2n) is 5.13. The molecule has 0 bridgehead atoms. The van der Waals surface area contributed by atoms with Crippen molar-refractivity contribution < 1.29 is 9.50 Å². The van der Waals surface area contributed by atoms with Gasteiger partial charge in [-0.05, 0) is 29.3 Å². The molecule has 2 aromatic carbocycles. The zero-order valence-electron chi connectivity index (χ0n) is 12.1. The third kappa shape index (κ3) is 3.13. The van der Waals surface area contributed by atoms with Gasteiger partial charge in [0.15, 0.2) is 0 Å². The maximum absolute atomic E-state index is 13.9. The molecule has 0 saturated carbocycles. The fourth-order valence-corrected chi connectivity index (χ4v) is 2.40. The molecule has 0 aliphatic rings. The number of aromatic nitrogens is 1. The Morgan fingerprint density at radius 1 is 1.05 bits per heavy atom. The molecule has 3 rings (SSSR count). The van der Waals surface area contributed by atoms with E-state index in [-0.39, 0.29) is 12.4 Å². The van der Waals surface area contributed by atoms with Crippen LogP contribution in [0.15, 0.2) is 54.7 Å². The van der Waals surface area contributed by atoms with Crippen LogP contribution in [0, 0.1) is 5.82 Å². The monoisotopic (exact) mass is 296 g/mol. The van der Waals surface area contributed by atoms with E-state index in [1.807, 2.05) is 30.3 Å². The van der Waals surface area contributed by atoms with Gasteiger partial charge in [0.05, 0.1) is 12.1 Å². The van der Waals surface area contributed by atoms with E-state index >= 15 is 0 Å². The predicted molar refractivity (Wildman–Crippen MR) is 85.9 cm³/mol. The summed E-state index contributed by atoms with van der Waals surface area (Å²) in [6.45, 7) is 1.42. The lowest BCUT2D eigenvalue weighted by molar-refractivity contribution is 0.292. The molecule has 3 aromatic rings. The molecular weight excluding hydrogens is 279 g/mol. The third-order valence-electron chi connectivity index (χ3n) is 3.58. The van der Waals surface area contributed by atoms with E-state index in [0.29, 0.717) is 24.0 Å². The average molecular weight is 296 g/mol. The van der Waals surface area contributed by atoms with Crippen LogP contribution < -0.4 is 5.32 Å². The van der Waals surface area contributed by atoms with Crippen molar-refractivity contribution in [3.63, 3.8) is 0 Å². The summed E-state index contributed by atoms with van der Waals surface area (Å²) in [7, 11) is 0. The van der Waals surface area contributed by atoms with Gasteiger partial charge in [0.2, 0.25) is 0 Å². The van der Waals surface area contributed by atoms with E-state index in [2.05, 4.69) is 10.3 Å². The van der Waals surface area contributed by atoms with Crippen molar-refractivity contribution in [3.8, 4) is 11.1 Å². The molecule has 4 heteroatoms. The lowest BCUT2D eigenvalue weighted by Crippen LogP contribution is -2.17. The highest BCUT2D eigenvalue weighted by atomic mass is 19.1. The molecule has 112 valence electrons. The fraction of sp³-hybridized carbons (Fsp3) is 0.167. The number of halogens is 1. The molecular formula is C18H17FN2O. The van der Waals surface area contributed by atoms with Crippen molar-refractivity contribution in [2.24, 2.45) is 0 Å². The average Bonchev–Trinajstić information content (AvgIpc) is 2.56. The summed E-state index contributed by atoms with van der Waals surface area (Å²) in [5.74, 6) is -0.253. The van der Waals surface area contributed by atoms with Crippen molar-refractivity contribution in [3.05, 3.63) is 66.1 Å². The van der Waals surface area contributed by atoms with E-state index in [1.54, 1.807) is 18.3 Å². The van der Waals surface area contributed by atoms with Gasteiger partial charge in [-0.25, -0.2) is 4.39 Å². The smallest absolute Gasteiger partial charge is 0.132 e. The Labute approximate surface area is 128 Å². The van der Waals surface area contributed by atoms with Crippen LogP contribution in [0.1, 0.15) is 5.56 Å². The highest BCUT2D eigenvalue weighted by Gasteiger charge is 2.04. The Morgan fingerprint density at radius 2 is 1.86 bits per heavy atom. The molecule has 1 aromatic heterocycles. The number of rotatable bonds is 5. The lowest BCUT2D eigenvalue weighted by atomic mass is 10.0. The SMILES string of the molecule is OCCNCc1ccc(-c2cnc3cccc(F)c3c2)cc1. The standard InChI is InChI=1S/C18H17FN2O/c19-17-2-1-3-18-16(17)10-15(12-21-18)14-6-4-13(5-7-14)11-20-8-9-22/h1-7,10,12,20,22H,8-9,11H2. The minimum Gasteiger partial charge on any atom is -0.395 e. The van der Waals surface area contributed by atoms with E-state index in [4.69, 9.17) is 5.11 Å². The first-order valence-electron chi connectivity index (χ1n) is 7.23. The third-order valence-corrected chi connectivity index (χ3v) is 3.58. The van der Waals surface area contributed by atoms with Crippen LogP contribution in [0.3, 0.4) is 0 Å². The summed E-state index contributed by atoms with van der Waals surface area (Å²) in [5.41, 5.74) is 3.70. The molecule has 0 spiro atoms. The number of pyridine rings is 1. The Morgan fingerprint density at radius 3 is 2.64 bits per heavy atom. The molecule has 0 unspecified atom stereocenters. The van der Waals surface area contributed by atoms with Crippen LogP contribution in [-0.2, 0) is 6.54 Å². The minimum absolute atomic E-state index is 0.131. The van der Waals surface area contributed by atoms with Crippen molar-refractivity contribution >= 4 is 10.9 Å². The largest absolute Gasteiger partial charge is 0.395 e. The molecule has 0 amide bonds. The summed E-state index contributed by atoms with van der Waals surface area (Å²) >= 11 is 0. The molecule has 0 aliphatic carbocycles. The van der Waals surface area contributed by atoms with E-state index in [9.17, 15) is 4.39 Å². The molecule has 3 nitrogen and oxygen atoms in total. The van der Waals surface area contributed by atoms with Crippen LogP contribution in [0.2, 0.25) is 0 Å². The van der Waals surface area contributed by atoms with Crippen molar-refractivity contribution in [1.82, 2.24) is 10.3 Å². The first-order chi connectivity index (χ1) is 10.8. The van der Waals surface area contributed by atoms with E-state index in [1.165, 1.54) is 6.07 Å². The van der Waals surface area contributed by atoms with Gasteiger partial charge in [0.25, 0.3) is 0 Å². The second-order valence-corrected chi connectivity index (χ2v) is 5.13. The normalized spacial score (nSPS) is 11.0. The van der Waals surface area contributed by atoms with Gasteiger partial charge in [-0.3, -0.25) is 4.98 Å². The van der Waals surface area contributed by atoms with E-state index in [0.717, 1.165) is 16.7 Å². The van der Waals surface area contributed by atoms with Crippen LogP contribution in [0.5, 0.6) is 0 Å². The number of hydrogen-bond acceptors (Lipinski definition) is 3. The Kier molecular flexibility index (Phi) is 4.42. The van der Waals surface area contributed by atoms with Crippen LogP contribution in [-0.4, -0.2) is 23.2 Å². The van der Waals surface area contributed by atoms with Gasteiger partial charge < -0.3 is 10.4 Å². The molecule has 22 heavy (non-hydrogen) atoms. The maximum atomic E-state index is 13.9. The van der Waals surface area contributed by atoms with Crippen molar-refractivity contribution in [2.45, 2.75) is 6.54 Å². The lowest BCUT2D eigenvalue weighted by Gasteiger charge is -2.07. The quantitative estimate of drug-likeness (QED) is 0.711. The summed E-state index contributed by atoms with van der Waals surface area (Å²) in [6, 6.07) is 14.8. The van der Waals surface area contributed by atoms with Crippen LogP contribution in [0.25, 0.3) is 22.0 Å². The Hall–Kier alpha value is -2.30.